The number of nitrogens with zero attached hydrogens (tertiary/aromatic N) is 1. The van der Waals surface area contributed by atoms with Crippen molar-refractivity contribution in [1.82, 2.24) is 4.98 Å². The number of aromatic nitrogens is 1. The third kappa shape index (κ3) is 2.39. The molecule has 0 unspecified atom stereocenters. The smallest absolute Gasteiger partial charge is 0.142 e. The molecule has 0 aliphatic heterocycles. The normalized spacial score (nSPS) is 10.7. The summed E-state index contributed by atoms with van der Waals surface area (Å²) < 4.78 is 0. The summed E-state index contributed by atoms with van der Waals surface area (Å²) in [7, 11) is 0. The molecule has 1 aromatic heterocycles. The molecule has 0 saturated heterocycles. The number of thiazole rings is 1. The quantitative estimate of drug-likeness (QED) is 0.582. The molecule has 3 heteroatoms. The second kappa shape index (κ2) is 4.66. The van der Waals surface area contributed by atoms with Crippen molar-refractivity contribution in [3.05, 3.63) is 47.5 Å². The summed E-state index contributed by atoms with van der Waals surface area (Å²) in [4.78, 5) is 14.5. The van der Waals surface area contributed by atoms with Crippen LogP contribution in [0.4, 0.5) is 0 Å². The number of carbonyl (C=O) groups is 1. The molecule has 1 heterocycles. The third-order valence-electron chi connectivity index (χ3n) is 1.89. The first kappa shape index (κ1) is 9.80. The molecule has 0 fully saturated rings. The molecule has 2 rings (SSSR count). The van der Waals surface area contributed by atoms with Crippen molar-refractivity contribution >= 4 is 23.7 Å². The number of rotatable bonds is 3. The highest BCUT2D eigenvalue weighted by Gasteiger charge is 2.01. The molecule has 15 heavy (non-hydrogen) atoms. The predicted molar refractivity (Wildman–Crippen MR) is 62.6 cm³/mol. The fourth-order valence-electron chi connectivity index (χ4n) is 1.21. The van der Waals surface area contributed by atoms with Gasteiger partial charge >= 0.3 is 0 Å². The van der Waals surface area contributed by atoms with Gasteiger partial charge in [-0.15, -0.1) is 11.3 Å². The Morgan fingerprint density at radius 3 is 2.73 bits per heavy atom. The van der Waals surface area contributed by atoms with Crippen LogP contribution in [0.5, 0.6) is 0 Å². The molecule has 0 atom stereocenters. The van der Waals surface area contributed by atoms with Crippen molar-refractivity contribution in [2.45, 2.75) is 0 Å². The van der Waals surface area contributed by atoms with Gasteiger partial charge in [-0.05, 0) is 12.2 Å². The number of carbonyl (C=O) groups excluding carboxylic acids is 1. The topological polar surface area (TPSA) is 30.0 Å². The Morgan fingerprint density at radius 2 is 2.00 bits per heavy atom. The minimum Gasteiger partial charge on any atom is -0.299 e. The highest BCUT2D eigenvalue weighted by atomic mass is 32.1. The van der Waals surface area contributed by atoms with E-state index in [1.54, 1.807) is 17.4 Å². The third-order valence-corrected chi connectivity index (χ3v) is 2.80. The van der Waals surface area contributed by atoms with E-state index in [1.807, 2.05) is 35.7 Å². The molecule has 1 aromatic carbocycles. The summed E-state index contributed by atoms with van der Waals surface area (Å²) in [5, 5.41) is 2.91. The first-order valence-corrected chi connectivity index (χ1v) is 5.41. The minimum atomic E-state index is 0.752. The minimum absolute atomic E-state index is 0.752. The average Bonchev–Trinajstić information content (AvgIpc) is 2.76. The van der Waals surface area contributed by atoms with Crippen molar-refractivity contribution in [2.24, 2.45) is 0 Å². The van der Waals surface area contributed by atoms with E-state index < -0.39 is 0 Å². The predicted octanol–water partition coefficient (Wildman–Crippen LogP) is 3.02. The van der Waals surface area contributed by atoms with Gasteiger partial charge in [0.25, 0.3) is 0 Å². The van der Waals surface area contributed by atoms with Gasteiger partial charge in [-0.3, -0.25) is 4.79 Å². The zero-order valence-corrected chi connectivity index (χ0v) is 8.78. The van der Waals surface area contributed by atoms with Gasteiger partial charge in [-0.25, -0.2) is 4.98 Å². The van der Waals surface area contributed by atoms with Crippen molar-refractivity contribution < 1.29 is 4.79 Å². The summed E-state index contributed by atoms with van der Waals surface area (Å²) in [5.41, 5.74) is 1.93. The van der Waals surface area contributed by atoms with E-state index in [0.717, 1.165) is 22.6 Å². The fraction of sp³-hybridized carbons (Fsp3) is 0. The molecular weight excluding hydrogens is 206 g/mol. The van der Waals surface area contributed by atoms with Gasteiger partial charge in [0.15, 0.2) is 0 Å². The molecule has 0 N–H and O–H groups in total. The molecule has 0 aliphatic rings. The van der Waals surface area contributed by atoms with Crippen LogP contribution < -0.4 is 0 Å². The van der Waals surface area contributed by atoms with E-state index >= 15 is 0 Å². The second-order valence-electron chi connectivity index (χ2n) is 2.94. The maximum atomic E-state index is 10.1. The first-order chi connectivity index (χ1) is 7.40. The monoisotopic (exact) mass is 215 g/mol. The zero-order valence-electron chi connectivity index (χ0n) is 7.96. The maximum Gasteiger partial charge on any atom is 0.142 e. The van der Waals surface area contributed by atoms with Crippen LogP contribution in [0.2, 0.25) is 0 Å². The number of aldehydes is 1. The van der Waals surface area contributed by atoms with Gasteiger partial charge in [0.05, 0.1) is 5.69 Å². The van der Waals surface area contributed by atoms with Crippen LogP contribution in [0.1, 0.15) is 5.69 Å². The lowest BCUT2D eigenvalue weighted by Crippen LogP contribution is -1.76. The van der Waals surface area contributed by atoms with Crippen LogP contribution in [0.3, 0.4) is 0 Å². The first-order valence-electron chi connectivity index (χ1n) is 4.53. The largest absolute Gasteiger partial charge is 0.299 e. The van der Waals surface area contributed by atoms with Crippen molar-refractivity contribution in [2.75, 3.05) is 0 Å². The lowest BCUT2D eigenvalue weighted by Gasteiger charge is -1.92. The lowest BCUT2D eigenvalue weighted by molar-refractivity contribution is -0.104. The SMILES string of the molecule is O=C/C=C/c1csc(-c2ccccc2)n1. The molecular formula is C12H9NOS. The van der Waals surface area contributed by atoms with Gasteiger partial charge in [0, 0.05) is 10.9 Å². The molecule has 0 spiro atoms. The molecule has 0 bridgehead atoms. The Morgan fingerprint density at radius 1 is 1.20 bits per heavy atom. The van der Waals surface area contributed by atoms with Crippen LogP contribution >= 0.6 is 11.3 Å². The highest BCUT2D eigenvalue weighted by Crippen LogP contribution is 2.23. The van der Waals surface area contributed by atoms with E-state index in [-0.39, 0.29) is 0 Å². The van der Waals surface area contributed by atoms with Crippen LogP contribution in [0, 0.1) is 0 Å². The van der Waals surface area contributed by atoms with E-state index in [2.05, 4.69) is 4.98 Å². The van der Waals surface area contributed by atoms with Crippen molar-refractivity contribution in [1.29, 1.82) is 0 Å². The molecule has 0 amide bonds. The van der Waals surface area contributed by atoms with Gasteiger partial charge in [0.2, 0.25) is 0 Å². The van der Waals surface area contributed by atoms with Gasteiger partial charge in [0.1, 0.15) is 11.3 Å². The van der Waals surface area contributed by atoms with E-state index in [0.29, 0.717) is 0 Å². The Kier molecular flexibility index (Phi) is 3.05. The van der Waals surface area contributed by atoms with Gasteiger partial charge < -0.3 is 0 Å². The summed E-state index contributed by atoms with van der Waals surface area (Å²) in [6.45, 7) is 0. The standard InChI is InChI=1S/C12H9NOS/c14-8-4-7-11-9-15-12(13-11)10-5-2-1-3-6-10/h1-9H/b7-4+. The number of allylic oxidation sites excluding steroid dienone is 1. The molecule has 2 aromatic rings. The molecule has 0 aliphatic carbocycles. The zero-order chi connectivity index (χ0) is 10.5. The average molecular weight is 215 g/mol. The van der Waals surface area contributed by atoms with Crippen molar-refractivity contribution in [3.63, 3.8) is 0 Å². The molecule has 2 nitrogen and oxygen atoms in total. The van der Waals surface area contributed by atoms with E-state index in [9.17, 15) is 4.79 Å². The Bertz CT molecular complexity index is 473. The lowest BCUT2D eigenvalue weighted by atomic mass is 10.2. The molecule has 0 saturated carbocycles. The highest BCUT2D eigenvalue weighted by molar-refractivity contribution is 7.13. The van der Waals surface area contributed by atoms with Crippen molar-refractivity contribution in [3.8, 4) is 10.6 Å². The van der Waals surface area contributed by atoms with Crippen LogP contribution in [-0.4, -0.2) is 11.3 Å². The van der Waals surface area contributed by atoms with Gasteiger partial charge in [-0.1, -0.05) is 30.3 Å². The fourth-order valence-corrected chi connectivity index (χ4v) is 2.01. The van der Waals surface area contributed by atoms with E-state index in [1.165, 1.54) is 6.08 Å². The second-order valence-corrected chi connectivity index (χ2v) is 3.80. The Labute approximate surface area is 91.9 Å². The Balaban J connectivity index is 2.28. The number of hydrogen-bond acceptors (Lipinski definition) is 3. The number of hydrogen-bond donors (Lipinski definition) is 0. The van der Waals surface area contributed by atoms with Crippen LogP contribution in [0.15, 0.2) is 41.8 Å². The molecule has 74 valence electrons. The van der Waals surface area contributed by atoms with Crippen LogP contribution in [-0.2, 0) is 4.79 Å². The van der Waals surface area contributed by atoms with Crippen LogP contribution in [0.25, 0.3) is 16.6 Å². The Hall–Kier alpha value is -1.74. The summed E-state index contributed by atoms with van der Waals surface area (Å²) in [6, 6.07) is 9.98. The van der Waals surface area contributed by atoms with Gasteiger partial charge in [-0.2, -0.15) is 0 Å². The maximum absolute atomic E-state index is 10.1. The molecule has 0 radical (unpaired) electrons. The summed E-state index contributed by atoms with van der Waals surface area (Å²) in [6.07, 6.45) is 3.90. The number of benzene rings is 1. The van der Waals surface area contributed by atoms with E-state index in [4.69, 9.17) is 0 Å². The summed E-state index contributed by atoms with van der Waals surface area (Å²) >= 11 is 1.57. The summed E-state index contributed by atoms with van der Waals surface area (Å²) in [5.74, 6) is 0.